The Morgan fingerprint density at radius 2 is 1.82 bits per heavy atom. The number of nitrogens with one attached hydrogen (secondary N) is 4. The van der Waals surface area contributed by atoms with Crippen LogP contribution >= 0.6 is 0 Å². The van der Waals surface area contributed by atoms with Crippen LogP contribution in [-0.2, 0) is 24.2 Å². The van der Waals surface area contributed by atoms with Crippen LogP contribution in [0.4, 0.5) is 21.8 Å². The van der Waals surface area contributed by atoms with Crippen molar-refractivity contribution < 1.29 is 9.18 Å². The Morgan fingerprint density at radius 3 is 2.56 bits per heavy atom. The molecular weight excluding hydrogens is 431 g/mol. The van der Waals surface area contributed by atoms with Gasteiger partial charge in [0, 0.05) is 30.5 Å². The number of amides is 1. The zero-order valence-corrected chi connectivity index (χ0v) is 20.0. The molecule has 0 fully saturated rings. The number of benzene rings is 2. The maximum Gasteiger partial charge on any atom is 0.237 e. The smallest absolute Gasteiger partial charge is 0.237 e. The lowest BCUT2D eigenvalue weighted by atomic mass is 10.0. The molecule has 0 spiro atoms. The first-order valence-corrected chi connectivity index (χ1v) is 11.6. The Bertz CT molecular complexity index is 1090. The Hall–Kier alpha value is -3.52. The van der Waals surface area contributed by atoms with E-state index in [1.165, 1.54) is 17.7 Å². The summed E-state index contributed by atoms with van der Waals surface area (Å²) in [5, 5.41) is 12.4. The molecule has 8 heteroatoms. The Kier molecular flexibility index (Phi) is 9.34. The standard InChI is InChI=1S/C26H33FN6O/c1-4-14-29-24-21(17-31-26(33-24)32-23-11-7-10-22(27)15-23)13-12-19-8-5-6-9-20(19)16-30-25(34)18(2)28-3/h5-11,15,17-18,28H,4,12-14,16H2,1-3H3,(H,30,34)(H2,29,31,32,33). The number of carbonyl (C=O) groups excluding carboxylic acids is 1. The van der Waals surface area contributed by atoms with Crippen LogP contribution in [0.25, 0.3) is 0 Å². The molecule has 34 heavy (non-hydrogen) atoms. The summed E-state index contributed by atoms with van der Waals surface area (Å²) < 4.78 is 13.5. The summed E-state index contributed by atoms with van der Waals surface area (Å²) in [6.07, 6.45) is 4.30. The minimum absolute atomic E-state index is 0.0295. The van der Waals surface area contributed by atoms with Crippen molar-refractivity contribution in [3.05, 3.63) is 77.2 Å². The number of aromatic nitrogens is 2. The van der Waals surface area contributed by atoms with Gasteiger partial charge in [-0.2, -0.15) is 4.98 Å². The third-order valence-electron chi connectivity index (χ3n) is 5.55. The highest BCUT2D eigenvalue weighted by molar-refractivity contribution is 5.81. The van der Waals surface area contributed by atoms with Gasteiger partial charge in [-0.25, -0.2) is 9.37 Å². The fourth-order valence-corrected chi connectivity index (χ4v) is 3.45. The number of halogens is 1. The van der Waals surface area contributed by atoms with Gasteiger partial charge in [0.25, 0.3) is 0 Å². The summed E-state index contributed by atoms with van der Waals surface area (Å²) in [4.78, 5) is 21.2. The molecule has 1 heterocycles. The van der Waals surface area contributed by atoms with E-state index in [9.17, 15) is 9.18 Å². The summed E-state index contributed by atoms with van der Waals surface area (Å²) in [7, 11) is 1.77. The van der Waals surface area contributed by atoms with Crippen molar-refractivity contribution in [3.8, 4) is 0 Å². The summed E-state index contributed by atoms with van der Waals surface area (Å²) in [5.41, 5.74) is 3.86. The lowest BCUT2D eigenvalue weighted by molar-refractivity contribution is -0.122. The molecule has 1 aromatic heterocycles. The van der Waals surface area contributed by atoms with Gasteiger partial charge >= 0.3 is 0 Å². The molecule has 0 saturated carbocycles. The van der Waals surface area contributed by atoms with Crippen molar-refractivity contribution in [2.45, 2.75) is 45.7 Å². The van der Waals surface area contributed by atoms with Crippen LogP contribution in [-0.4, -0.2) is 35.5 Å². The fourth-order valence-electron chi connectivity index (χ4n) is 3.45. The number of rotatable bonds is 12. The van der Waals surface area contributed by atoms with Gasteiger partial charge in [0.2, 0.25) is 11.9 Å². The lowest BCUT2D eigenvalue weighted by Gasteiger charge is -2.15. The van der Waals surface area contributed by atoms with E-state index in [4.69, 9.17) is 0 Å². The third kappa shape index (κ3) is 7.25. The van der Waals surface area contributed by atoms with Gasteiger partial charge in [-0.05, 0) is 62.6 Å². The highest BCUT2D eigenvalue weighted by Gasteiger charge is 2.12. The SMILES string of the molecule is CCCNc1nc(Nc2cccc(F)c2)ncc1CCc1ccccc1CNC(=O)C(C)NC. The minimum Gasteiger partial charge on any atom is -0.370 e. The van der Waals surface area contributed by atoms with E-state index in [0.29, 0.717) is 18.2 Å². The van der Waals surface area contributed by atoms with Crippen molar-refractivity contribution in [2.75, 3.05) is 24.2 Å². The molecule has 2 aromatic carbocycles. The van der Waals surface area contributed by atoms with Crippen LogP contribution in [0.5, 0.6) is 0 Å². The second-order valence-corrected chi connectivity index (χ2v) is 8.13. The molecule has 0 aliphatic heterocycles. The molecule has 0 aliphatic rings. The molecular formula is C26H33FN6O. The summed E-state index contributed by atoms with van der Waals surface area (Å²) in [6.45, 7) is 5.20. The predicted octanol–water partition coefficient (Wildman–Crippen LogP) is 4.19. The lowest BCUT2D eigenvalue weighted by Crippen LogP contribution is -2.40. The van der Waals surface area contributed by atoms with Crippen LogP contribution < -0.4 is 21.3 Å². The van der Waals surface area contributed by atoms with Crippen LogP contribution in [0.3, 0.4) is 0 Å². The van der Waals surface area contributed by atoms with Crippen molar-refractivity contribution in [1.29, 1.82) is 0 Å². The summed E-state index contributed by atoms with van der Waals surface area (Å²) >= 11 is 0. The van der Waals surface area contributed by atoms with E-state index in [1.807, 2.05) is 31.3 Å². The summed E-state index contributed by atoms with van der Waals surface area (Å²) in [6, 6.07) is 14.1. The van der Waals surface area contributed by atoms with Gasteiger partial charge in [-0.1, -0.05) is 37.3 Å². The van der Waals surface area contributed by atoms with Crippen molar-refractivity contribution >= 4 is 23.4 Å². The van der Waals surface area contributed by atoms with E-state index in [0.717, 1.165) is 42.8 Å². The molecule has 0 saturated heterocycles. The molecule has 0 radical (unpaired) electrons. The van der Waals surface area contributed by atoms with E-state index in [-0.39, 0.29) is 17.8 Å². The second-order valence-electron chi connectivity index (χ2n) is 8.13. The van der Waals surface area contributed by atoms with Gasteiger partial charge in [0.15, 0.2) is 0 Å². The highest BCUT2D eigenvalue weighted by atomic mass is 19.1. The first kappa shape index (κ1) is 25.1. The molecule has 7 nitrogen and oxygen atoms in total. The van der Waals surface area contributed by atoms with E-state index < -0.39 is 0 Å². The van der Waals surface area contributed by atoms with Gasteiger partial charge in [-0.15, -0.1) is 0 Å². The third-order valence-corrected chi connectivity index (χ3v) is 5.55. The predicted molar refractivity (Wildman–Crippen MR) is 135 cm³/mol. The van der Waals surface area contributed by atoms with Crippen molar-refractivity contribution in [1.82, 2.24) is 20.6 Å². The normalized spacial score (nSPS) is 11.6. The van der Waals surface area contributed by atoms with Crippen LogP contribution in [0.1, 0.15) is 37.0 Å². The first-order valence-electron chi connectivity index (χ1n) is 11.6. The average molecular weight is 465 g/mol. The maximum atomic E-state index is 13.5. The van der Waals surface area contributed by atoms with E-state index in [1.54, 1.807) is 19.2 Å². The maximum absolute atomic E-state index is 13.5. The Morgan fingerprint density at radius 1 is 1.06 bits per heavy atom. The van der Waals surface area contributed by atoms with E-state index >= 15 is 0 Å². The number of hydrogen-bond acceptors (Lipinski definition) is 6. The number of aryl methyl sites for hydroxylation is 2. The number of anilines is 3. The largest absolute Gasteiger partial charge is 0.370 e. The molecule has 1 atom stereocenters. The molecule has 0 aliphatic carbocycles. The average Bonchev–Trinajstić information content (AvgIpc) is 2.85. The second kappa shape index (κ2) is 12.6. The number of carbonyl (C=O) groups is 1. The molecule has 180 valence electrons. The van der Waals surface area contributed by atoms with Gasteiger partial charge in [-0.3, -0.25) is 4.79 Å². The fraction of sp³-hybridized carbons (Fsp3) is 0.346. The minimum atomic E-state index is -0.318. The first-order chi connectivity index (χ1) is 16.5. The zero-order chi connectivity index (χ0) is 24.3. The molecule has 3 rings (SSSR count). The highest BCUT2D eigenvalue weighted by Crippen LogP contribution is 2.21. The monoisotopic (exact) mass is 464 g/mol. The van der Waals surface area contributed by atoms with Crippen LogP contribution in [0.15, 0.2) is 54.7 Å². The number of hydrogen-bond donors (Lipinski definition) is 4. The van der Waals surface area contributed by atoms with Gasteiger partial charge in [0.1, 0.15) is 11.6 Å². The van der Waals surface area contributed by atoms with Crippen LogP contribution in [0.2, 0.25) is 0 Å². The molecule has 4 N–H and O–H groups in total. The summed E-state index contributed by atoms with van der Waals surface area (Å²) in [5.74, 6) is 0.832. The number of likely N-dealkylation sites (N-methyl/N-ethyl adjacent to an activating group) is 1. The van der Waals surface area contributed by atoms with Gasteiger partial charge in [0.05, 0.1) is 6.04 Å². The molecule has 1 amide bonds. The molecule has 3 aromatic rings. The van der Waals surface area contributed by atoms with Crippen molar-refractivity contribution in [3.63, 3.8) is 0 Å². The Labute approximate surface area is 200 Å². The molecule has 1 unspecified atom stereocenters. The Balaban J connectivity index is 1.71. The quantitative estimate of drug-likeness (QED) is 0.321. The zero-order valence-electron chi connectivity index (χ0n) is 20.0. The van der Waals surface area contributed by atoms with Crippen LogP contribution in [0, 0.1) is 5.82 Å². The van der Waals surface area contributed by atoms with Gasteiger partial charge < -0.3 is 21.3 Å². The molecule has 0 bridgehead atoms. The topological polar surface area (TPSA) is 91.0 Å². The van der Waals surface area contributed by atoms with Crippen molar-refractivity contribution in [2.24, 2.45) is 0 Å². The number of nitrogens with zero attached hydrogens (tertiary/aromatic N) is 2. The van der Waals surface area contributed by atoms with E-state index in [2.05, 4.69) is 44.2 Å².